The highest BCUT2D eigenvalue weighted by Gasteiger charge is 2.26. The number of rotatable bonds is 5. The third kappa shape index (κ3) is 4.05. The molecule has 2 N–H and O–H groups in total. The summed E-state index contributed by atoms with van der Waals surface area (Å²) >= 11 is 1.93. The van der Waals surface area contributed by atoms with Gasteiger partial charge in [-0.05, 0) is 38.9 Å². The Bertz CT molecular complexity index is 365. The standard InChI is InChI=1S/C13H21NO3S/c1-4-18-11-6-5-10(7-11)14-12(15)8(2)9(3)13(16)17/h10-11H,4-7H2,1-3H3,(H,14,15)(H,16,17). The molecule has 1 amide bonds. The summed E-state index contributed by atoms with van der Waals surface area (Å²) in [5.41, 5.74) is 0.416. The summed E-state index contributed by atoms with van der Waals surface area (Å²) in [7, 11) is 0. The van der Waals surface area contributed by atoms with E-state index in [4.69, 9.17) is 5.11 Å². The first-order valence-electron chi connectivity index (χ1n) is 6.29. The number of carboxylic acids is 1. The molecular formula is C13H21NO3S. The van der Waals surface area contributed by atoms with Crippen molar-refractivity contribution in [1.29, 1.82) is 0 Å². The van der Waals surface area contributed by atoms with Crippen LogP contribution < -0.4 is 5.32 Å². The summed E-state index contributed by atoms with van der Waals surface area (Å²) in [6, 6.07) is 0.193. The number of carbonyl (C=O) groups is 2. The first-order chi connectivity index (χ1) is 8.45. The minimum Gasteiger partial charge on any atom is -0.478 e. The van der Waals surface area contributed by atoms with E-state index in [2.05, 4.69) is 12.2 Å². The molecule has 1 fully saturated rings. The van der Waals surface area contributed by atoms with Crippen molar-refractivity contribution in [2.75, 3.05) is 5.75 Å². The maximum absolute atomic E-state index is 11.9. The zero-order valence-corrected chi connectivity index (χ0v) is 12.0. The molecule has 4 nitrogen and oxygen atoms in total. The average molecular weight is 271 g/mol. The molecule has 1 aliphatic rings. The van der Waals surface area contributed by atoms with Gasteiger partial charge in [0.15, 0.2) is 0 Å². The van der Waals surface area contributed by atoms with Gasteiger partial charge in [0.2, 0.25) is 5.91 Å². The Hall–Kier alpha value is -0.970. The van der Waals surface area contributed by atoms with Crippen LogP contribution in [0.15, 0.2) is 11.1 Å². The zero-order valence-electron chi connectivity index (χ0n) is 11.2. The van der Waals surface area contributed by atoms with Crippen molar-refractivity contribution in [3.8, 4) is 0 Å². The predicted molar refractivity (Wildman–Crippen MR) is 73.7 cm³/mol. The van der Waals surface area contributed by atoms with Gasteiger partial charge in [-0.25, -0.2) is 4.79 Å². The van der Waals surface area contributed by atoms with Crippen molar-refractivity contribution >= 4 is 23.6 Å². The van der Waals surface area contributed by atoms with Crippen LogP contribution in [-0.4, -0.2) is 34.0 Å². The maximum atomic E-state index is 11.9. The van der Waals surface area contributed by atoms with E-state index in [0.717, 1.165) is 25.0 Å². The molecule has 0 bridgehead atoms. The van der Waals surface area contributed by atoms with Crippen molar-refractivity contribution in [2.24, 2.45) is 0 Å². The van der Waals surface area contributed by atoms with E-state index in [-0.39, 0.29) is 17.5 Å². The molecule has 0 aromatic rings. The fourth-order valence-corrected chi connectivity index (χ4v) is 3.23. The molecular weight excluding hydrogens is 250 g/mol. The van der Waals surface area contributed by atoms with E-state index in [1.807, 2.05) is 11.8 Å². The van der Waals surface area contributed by atoms with Gasteiger partial charge in [0.05, 0.1) is 0 Å². The number of amides is 1. The van der Waals surface area contributed by atoms with Crippen LogP contribution in [0, 0.1) is 0 Å². The lowest BCUT2D eigenvalue weighted by Gasteiger charge is -2.14. The van der Waals surface area contributed by atoms with Crippen LogP contribution in [0.2, 0.25) is 0 Å². The van der Waals surface area contributed by atoms with E-state index in [9.17, 15) is 9.59 Å². The third-order valence-corrected chi connectivity index (χ3v) is 4.58. The molecule has 2 unspecified atom stereocenters. The third-order valence-electron chi connectivity index (χ3n) is 3.35. The van der Waals surface area contributed by atoms with Crippen LogP contribution in [-0.2, 0) is 9.59 Å². The van der Waals surface area contributed by atoms with Crippen LogP contribution >= 0.6 is 11.8 Å². The quantitative estimate of drug-likeness (QED) is 0.752. The summed E-state index contributed by atoms with van der Waals surface area (Å²) in [6.07, 6.45) is 3.11. The second kappa shape index (κ2) is 6.83. The largest absolute Gasteiger partial charge is 0.478 e. The molecule has 1 rings (SSSR count). The Kier molecular flexibility index (Phi) is 5.72. The number of hydrogen-bond donors (Lipinski definition) is 2. The topological polar surface area (TPSA) is 66.4 Å². The van der Waals surface area contributed by atoms with E-state index >= 15 is 0 Å². The summed E-state index contributed by atoms with van der Waals surface area (Å²) < 4.78 is 0. The Morgan fingerprint density at radius 2 is 1.94 bits per heavy atom. The first-order valence-corrected chi connectivity index (χ1v) is 7.33. The number of nitrogens with one attached hydrogen (secondary N) is 1. The van der Waals surface area contributed by atoms with Crippen molar-refractivity contribution in [1.82, 2.24) is 5.32 Å². The first kappa shape index (κ1) is 15.1. The lowest BCUT2D eigenvalue weighted by atomic mass is 10.1. The molecule has 0 spiro atoms. The Labute approximate surface area is 112 Å². The molecule has 1 aliphatic carbocycles. The van der Waals surface area contributed by atoms with Crippen LogP contribution in [0.4, 0.5) is 0 Å². The van der Waals surface area contributed by atoms with Crippen LogP contribution in [0.1, 0.15) is 40.0 Å². The van der Waals surface area contributed by atoms with Gasteiger partial charge in [-0.3, -0.25) is 4.79 Å². The zero-order chi connectivity index (χ0) is 13.7. The van der Waals surface area contributed by atoms with Crippen LogP contribution in [0.5, 0.6) is 0 Å². The molecule has 0 saturated heterocycles. The molecule has 0 aromatic heterocycles. The number of thioether (sulfide) groups is 1. The maximum Gasteiger partial charge on any atom is 0.331 e. The minimum atomic E-state index is -1.03. The van der Waals surface area contributed by atoms with Gasteiger partial charge in [-0.15, -0.1) is 0 Å². The molecule has 18 heavy (non-hydrogen) atoms. The van der Waals surface area contributed by atoms with E-state index in [0.29, 0.717) is 10.8 Å². The Morgan fingerprint density at radius 3 is 2.50 bits per heavy atom. The van der Waals surface area contributed by atoms with Gasteiger partial charge in [-0.2, -0.15) is 11.8 Å². The molecule has 2 atom stereocenters. The number of carboxylic acid groups (broad SMARTS) is 1. The van der Waals surface area contributed by atoms with Crippen molar-refractivity contribution in [2.45, 2.75) is 51.3 Å². The van der Waals surface area contributed by atoms with Gasteiger partial charge in [0.25, 0.3) is 0 Å². The second-order valence-electron chi connectivity index (χ2n) is 4.62. The van der Waals surface area contributed by atoms with Crippen LogP contribution in [0.3, 0.4) is 0 Å². The highest BCUT2D eigenvalue weighted by atomic mass is 32.2. The lowest BCUT2D eigenvalue weighted by Crippen LogP contribution is -2.34. The average Bonchev–Trinajstić information content (AvgIpc) is 2.75. The molecule has 102 valence electrons. The van der Waals surface area contributed by atoms with Crippen molar-refractivity contribution in [3.05, 3.63) is 11.1 Å². The predicted octanol–water partition coefficient (Wildman–Crippen LogP) is 2.20. The minimum absolute atomic E-state index is 0.116. The lowest BCUT2D eigenvalue weighted by molar-refractivity contribution is -0.133. The summed E-state index contributed by atoms with van der Waals surface area (Å²) in [4.78, 5) is 22.6. The molecule has 0 aromatic carbocycles. The van der Waals surface area contributed by atoms with Gasteiger partial charge in [0, 0.05) is 22.4 Å². The second-order valence-corrected chi connectivity index (χ2v) is 6.19. The highest BCUT2D eigenvalue weighted by molar-refractivity contribution is 7.99. The van der Waals surface area contributed by atoms with Gasteiger partial charge >= 0.3 is 5.97 Å². The van der Waals surface area contributed by atoms with Gasteiger partial charge in [-0.1, -0.05) is 6.92 Å². The number of aliphatic carboxylic acids is 1. The normalized spacial score (nSPS) is 24.6. The number of hydrogen-bond acceptors (Lipinski definition) is 3. The molecule has 0 aliphatic heterocycles. The molecule has 0 heterocycles. The Balaban J connectivity index is 2.52. The van der Waals surface area contributed by atoms with E-state index < -0.39 is 5.97 Å². The number of carbonyl (C=O) groups excluding carboxylic acids is 1. The Morgan fingerprint density at radius 1 is 1.28 bits per heavy atom. The van der Waals surface area contributed by atoms with E-state index in [1.54, 1.807) is 6.92 Å². The highest BCUT2D eigenvalue weighted by Crippen LogP contribution is 2.29. The monoisotopic (exact) mass is 271 g/mol. The van der Waals surface area contributed by atoms with E-state index in [1.165, 1.54) is 6.92 Å². The summed E-state index contributed by atoms with van der Waals surface area (Å²) in [5.74, 6) is -0.182. The summed E-state index contributed by atoms with van der Waals surface area (Å²) in [6.45, 7) is 5.16. The smallest absolute Gasteiger partial charge is 0.331 e. The summed E-state index contributed by atoms with van der Waals surface area (Å²) in [5, 5.41) is 12.4. The molecule has 5 heteroatoms. The fourth-order valence-electron chi connectivity index (χ4n) is 2.08. The fraction of sp³-hybridized carbons (Fsp3) is 0.692. The van der Waals surface area contributed by atoms with Crippen LogP contribution in [0.25, 0.3) is 0 Å². The SMILES string of the molecule is CCSC1CCC(NC(=O)C(C)=C(C)C(=O)O)C1. The van der Waals surface area contributed by atoms with Gasteiger partial charge < -0.3 is 10.4 Å². The molecule has 1 saturated carbocycles. The van der Waals surface area contributed by atoms with Crippen molar-refractivity contribution in [3.63, 3.8) is 0 Å². The van der Waals surface area contributed by atoms with Gasteiger partial charge in [0.1, 0.15) is 0 Å². The molecule has 0 radical (unpaired) electrons. The van der Waals surface area contributed by atoms with Crippen molar-refractivity contribution < 1.29 is 14.7 Å².